The quantitative estimate of drug-likeness (QED) is 0.484. The van der Waals surface area contributed by atoms with Crippen molar-refractivity contribution in [3.05, 3.63) is 59.5 Å². The molecule has 0 spiro atoms. The van der Waals surface area contributed by atoms with Crippen LogP contribution in [0.5, 0.6) is 0 Å². The molecule has 0 bridgehead atoms. The Balaban J connectivity index is 1.94. The van der Waals surface area contributed by atoms with Crippen molar-refractivity contribution in [3.63, 3.8) is 0 Å². The molecule has 1 aromatic carbocycles. The number of nitrogens with zero attached hydrogens (tertiary/aromatic N) is 1. The van der Waals surface area contributed by atoms with Crippen LogP contribution < -0.4 is 11.3 Å². The van der Waals surface area contributed by atoms with Gasteiger partial charge in [-0.2, -0.15) is 0 Å². The van der Waals surface area contributed by atoms with Crippen LogP contribution in [-0.4, -0.2) is 17.9 Å². The SMILES string of the molecule is CC(C(=O)NN)c1ccc(CN(C)Cc2ccoc2)cc1. The highest BCUT2D eigenvalue weighted by molar-refractivity contribution is 5.82. The summed E-state index contributed by atoms with van der Waals surface area (Å²) < 4.78 is 5.07. The molecule has 5 nitrogen and oxygen atoms in total. The summed E-state index contributed by atoms with van der Waals surface area (Å²) in [5.74, 6) is 4.73. The van der Waals surface area contributed by atoms with Crippen LogP contribution in [0.1, 0.15) is 29.5 Å². The summed E-state index contributed by atoms with van der Waals surface area (Å²) in [5.41, 5.74) is 5.49. The molecular formula is C16H21N3O2. The molecule has 1 amide bonds. The highest BCUT2D eigenvalue weighted by atomic mass is 16.3. The summed E-state index contributed by atoms with van der Waals surface area (Å²) in [7, 11) is 2.06. The van der Waals surface area contributed by atoms with Crippen LogP contribution >= 0.6 is 0 Å². The van der Waals surface area contributed by atoms with Gasteiger partial charge in [0.25, 0.3) is 0 Å². The van der Waals surface area contributed by atoms with Gasteiger partial charge in [-0.25, -0.2) is 5.84 Å². The molecule has 1 unspecified atom stereocenters. The van der Waals surface area contributed by atoms with Crippen LogP contribution in [0.15, 0.2) is 47.3 Å². The van der Waals surface area contributed by atoms with Crippen molar-refractivity contribution in [3.8, 4) is 0 Å². The third-order valence-corrected chi connectivity index (χ3v) is 3.50. The fourth-order valence-corrected chi connectivity index (χ4v) is 2.25. The number of nitrogens with two attached hydrogens (primary N) is 1. The van der Waals surface area contributed by atoms with Gasteiger partial charge in [-0.1, -0.05) is 24.3 Å². The number of benzene rings is 1. The van der Waals surface area contributed by atoms with Crippen LogP contribution in [0.4, 0.5) is 0 Å². The Labute approximate surface area is 124 Å². The predicted octanol–water partition coefficient (Wildman–Crippen LogP) is 2.00. The van der Waals surface area contributed by atoms with Gasteiger partial charge < -0.3 is 4.42 Å². The van der Waals surface area contributed by atoms with E-state index in [-0.39, 0.29) is 11.8 Å². The largest absolute Gasteiger partial charge is 0.472 e. The van der Waals surface area contributed by atoms with Gasteiger partial charge in [0, 0.05) is 18.7 Å². The van der Waals surface area contributed by atoms with E-state index in [0.717, 1.165) is 24.2 Å². The molecule has 3 N–H and O–H groups in total. The van der Waals surface area contributed by atoms with Gasteiger partial charge in [-0.15, -0.1) is 0 Å². The Morgan fingerprint density at radius 2 is 1.90 bits per heavy atom. The molecule has 21 heavy (non-hydrogen) atoms. The van der Waals surface area contributed by atoms with Crippen LogP contribution in [0.3, 0.4) is 0 Å². The number of amides is 1. The molecule has 0 aliphatic carbocycles. The van der Waals surface area contributed by atoms with Gasteiger partial charge in [0.15, 0.2) is 0 Å². The second-order valence-electron chi connectivity index (χ2n) is 5.28. The Morgan fingerprint density at radius 1 is 1.24 bits per heavy atom. The average Bonchev–Trinajstić information content (AvgIpc) is 2.99. The minimum absolute atomic E-state index is 0.181. The first-order chi connectivity index (χ1) is 10.1. The van der Waals surface area contributed by atoms with Crippen LogP contribution in [-0.2, 0) is 17.9 Å². The minimum atomic E-state index is -0.243. The summed E-state index contributed by atoms with van der Waals surface area (Å²) in [4.78, 5) is 13.7. The van der Waals surface area contributed by atoms with Gasteiger partial charge >= 0.3 is 0 Å². The maximum atomic E-state index is 11.5. The Kier molecular flexibility index (Phi) is 5.14. The maximum Gasteiger partial charge on any atom is 0.241 e. The number of hydrogen-bond acceptors (Lipinski definition) is 4. The number of hydrazine groups is 1. The number of furan rings is 1. The summed E-state index contributed by atoms with van der Waals surface area (Å²) in [5, 5.41) is 0. The van der Waals surface area contributed by atoms with Crippen molar-refractivity contribution < 1.29 is 9.21 Å². The molecule has 112 valence electrons. The molecule has 5 heteroatoms. The molecule has 0 radical (unpaired) electrons. The Hall–Kier alpha value is -2.11. The first-order valence-corrected chi connectivity index (χ1v) is 6.89. The van der Waals surface area contributed by atoms with Crippen molar-refractivity contribution in [2.45, 2.75) is 25.9 Å². The van der Waals surface area contributed by atoms with E-state index in [9.17, 15) is 4.79 Å². The third kappa shape index (κ3) is 4.18. The lowest BCUT2D eigenvalue weighted by atomic mass is 9.99. The molecule has 0 fully saturated rings. The standard InChI is InChI=1S/C16H21N3O2/c1-12(16(20)18-17)15-5-3-13(4-6-15)9-19(2)10-14-7-8-21-11-14/h3-8,11-12H,9-10,17H2,1-2H3,(H,18,20). The smallest absolute Gasteiger partial charge is 0.241 e. The first-order valence-electron chi connectivity index (χ1n) is 6.89. The average molecular weight is 287 g/mol. The van der Waals surface area contributed by atoms with Gasteiger partial charge in [0.1, 0.15) is 0 Å². The van der Waals surface area contributed by atoms with Crippen molar-refractivity contribution in [1.82, 2.24) is 10.3 Å². The van der Waals surface area contributed by atoms with E-state index in [1.807, 2.05) is 37.3 Å². The zero-order valence-corrected chi connectivity index (χ0v) is 12.4. The number of nitrogens with one attached hydrogen (secondary N) is 1. The lowest BCUT2D eigenvalue weighted by molar-refractivity contribution is -0.122. The fraction of sp³-hybridized carbons (Fsp3) is 0.312. The monoisotopic (exact) mass is 287 g/mol. The van der Waals surface area contributed by atoms with E-state index in [1.165, 1.54) is 5.56 Å². The number of carbonyl (C=O) groups excluding carboxylic acids is 1. The predicted molar refractivity (Wildman–Crippen MR) is 81.1 cm³/mol. The molecule has 0 aliphatic heterocycles. The normalized spacial score (nSPS) is 12.4. The van der Waals surface area contributed by atoms with E-state index < -0.39 is 0 Å². The van der Waals surface area contributed by atoms with E-state index >= 15 is 0 Å². The third-order valence-electron chi connectivity index (χ3n) is 3.50. The van der Waals surface area contributed by atoms with Crippen LogP contribution in [0, 0.1) is 0 Å². The number of hydrogen-bond donors (Lipinski definition) is 2. The zero-order chi connectivity index (χ0) is 15.2. The lowest BCUT2D eigenvalue weighted by Crippen LogP contribution is -2.33. The number of rotatable bonds is 6. The fourth-order valence-electron chi connectivity index (χ4n) is 2.25. The molecule has 0 saturated carbocycles. The van der Waals surface area contributed by atoms with E-state index in [4.69, 9.17) is 10.3 Å². The second kappa shape index (κ2) is 7.06. The number of carbonyl (C=O) groups is 1. The molecular weight excluding hydrogens is 266 g/mol. The van der Waals surface area contributed by atoms with E-state index in [0.29, 0.717) is 0 Å². The van der Waals surface area contributed by atoms with Crippen molar-refractivity contribution >= 4 is 5.91 Å². The van der Waals surface area contributed by atoms with Crippen molar-refractivity contribution in [2.24, 2.45) is 5.84 Å². The molecule has 1 atom stereocenters. The summed E-state index contributed by atoms with van der Waals surface area (Å²) >= 11 is 0. The minimum Gasteiger partial charge on any atom is -0.472 e. The molecule has 2 rings (SSSR count). The van der Waals surface area contributed by atoms with E-state index in [2.05, 4.69) is 17.4 Å². The van der Waals surface area contributed by atoms with Gasteiger partial charge in [-0.05, 0) is 31.2 Å². The molecule has 1 heterocycles. The van der Waals surface area contributed by atoms with Crippen LogP contribution in [0.2, 0.25) is 0 Å². The van der Waals surface area contributed by atoms with E-state index in [1.54, 1.807) is 12.5 Å². The maximum absolute atomic E-state index is 11.5. The Bertz CT molecular complexity index is 564. The highest BCUT2D eigenvalue weighted by Crippen LogP contribution is 2.17. The van der Waals surface area contributed by atoms with Crippen molar-refractivity contribution in [1.29, 1.82) is 0 Å². The van der Waals surface area contributed by atoms with Gasteiger partial charge in [0.2, 0.25) is 5.91 Å². The summed E-state index contributed by atoms with van der Waals surface area (Å²) in [6.45, 7) is 3.51. The lowest BCUT2D eigenvalue weighted by Gasteiger charge is -2.16. The van der Waals surface area contributed by atoms with Crippen LogP contribution in [0.25, 0.3) is 0 Å². The molecule has 1 aromatic heterocycles. The summed E-state index contributed by atoms with van der Waals surface area (Å²) in [6, 6.07) is 10.00. The Morgan fingerprint density at radius 3 is 2.48 bits per heavy atom. The van der Waals surface area contributed by atoms with Crippen molar-refractivity contribution in [2.75, 3.05) is 7.05 Å². The second-order valence-corrected chi connectivity index (χ2v) is 5.28. The highest BCUT2D eigenvalue weighted by Gasteiger charge is 2.13. The molecule has 0 aliphatic rings. The van der Waals surface area contributed by atoms with Gasteiger partial charge in [0.05, 0.1) is 18.4 Å². The zero-order valence-electron chi connectivity index (χ0n) is 12.4. The topological polar surface area (TPSA) is 71.5 Å². The van der Waals surface area contributed by atoms with Gasteiger partial charge in [-0.3, -0.25) is 15.1 Å². The summed E-state index contributed by atoms with van der Waals surface area (Å²) in [6.07, 6.45) is 3.44. The molecule has 2 aromatic rings. The molecule has 0 saturated heterocycles. The first kappa shape index (κ1) is 15.3.